The first kappa shape index (κ1) is 77.0. The number of hydrogen-bond donors (Lipinski definition) is 1. The number of esters is 2. The van der Waals surface area contributed by atoms with Gasteiger partial charge in [-0.3, -0.25) is 9.59 Å². The zero-order chi connectivity index (χ0) is 59.1. The fourth-order valence-corrected chi connectivity index (χ4v) is 8.99. The van der Waals surface area contributed by atoms with Crippen molar-refractivity contribution in [1.82, 2.24) is 0 Å². The summed E-state index contributed by atoms with van der Waals surface area (Å²) in [5, 5.41) is 9.71. The van der Waals surface area contributed by atoms with Gasteiger partial charge in [0.1, 0.15) is 13.2 Å². The van der Waals surface area contributed by atoms with Crippen molar-refractivity contribution in [2.24, 2.45) is 0 Å². The molecule has 0 aromatic carbocycles. The topological polar surface area (TPSA) is 108 Å². The van der Waals surface area contributed by atoms with Crippen molar-refractivity contribution in [3.05, 3.63) is 109 Å². The largest absolute Gasteiger partial charge is 0.477 e. The summed E-state index contributed by atoms with van der Waals surface area (Å²) in [6.45, 7) is 4.67. The number of rotatable bonds is 60. The molecule has 0 aliphatic heterocycles. The first-order valence-electron chi connectivity index (χ1n) is 33.1. The monoisotopic (exact) mass is 1130 g/mol. The molecule has 0 spiro atoms. The zero-order valence-corrected chi connectivity index (χ0v) is 52.9. The molecule has 0 aliphatic carbocycles. The average Bonchev–Trinajstić information content (AvgIpc) is 3.44. The third-order valence-corrected chi connectivity index (χ3v) is 14.0. The Morgan fingerprint density at radius 1 is 0.383 bits per heavy atom. The summed E-state index contributed by atoms with van der Waals surface area (Å²) in [4.78, 5) is 37.4. The van der Waals surface area contributed by atoms with E-state index >= 15 is 0 Å². The van der Waals surface area contributed by atoms with Crippen molar-refractivity contribution < 1.29 is 42.9 Å². The van der Waals surface area contributed by atoms with E-state index in [4.69, 9.17) is 18.9 Å². The third kappa shape index (κ3) is 63.4. The maximum absolute atomic E-state index is 12.8. The van der Waals surface area contributed by atoms with Gasteiger partial charge in [-0.25, -0.2) is 4.79 Å². The Kier molecular flexibility index (Phi) is 58.9. The van der Waals surface area contributed by atoms with Crippen molar-refractivity contribution >= 4 is 17.9 Å². The van der Waals surface area contributed by atoms with E-state index in [1.54, 1.807) is 0 Å². The van der Waals surface area contributed by atoms with Crippen molar-refractivity contribution in [3.63, 3.8) is 0 Å². The minimum absolute atomic E-state index is 0.131. The van der Waals surface area contributed by atoms with E-state index in [-0.39, 0.29) is 38.6 Å². The fourth-order valence-electron chi connectivity index (χ4n) is 8.99. The minimum Gasteiger partial charge on any atom is -0.477 e. The van der Waals surface area contributed by atoms with Gasteiger partial charge in [0.05, 0.1) is 34.4 Å². The highest BCUT2D eigenvalue weighted by molar-refractivity contribution is 5.71. The van der Waals surface area contributed by atoms with Gasteiger partial charge < -0.3 is 28.5 Å². The lowest BCUT2D eigenvalue weighted by Crippen LogP contribution is -2.40. The molecule has 0 saturated heterocycles. The quantitative estimate of drug-likeness (QED) is 0.0211. The predicted molar refractivity (Wildman–Crippen MR) is 345 cm³/mol. The Morgan fingerprint density at radius 2 is 0.728 bits per heavy atom. The summed E-state index contributed by atoms with van der Waals surface area (Å²) < 4.78 is 22.8. The van der Waals surface area contributed by atoms with Gasteiger partial charge in [-0.1, -0.05) is 277 Å². The fraction of sp³-hybridized carbons (Fsp3) is 0.708. The number of allylic oxidation sites excluding steroid dienone is 18. The van der Waals surface area contributed by atoms with Crippen LogP contribution in [0.25, 0.3) is 0 Å². The molecule has 1 N–H and O–H groups in total. The second kappa shape index (κ2) is 62.0. The average molecular weight is 1130 g/mol. The predicted octanol–water partition coefficient (Wildman–Crippen LogP) is 20.2. The number of carbonyl (C=O) groups is 3. The molecule has 0 rings (SSSR count). The summed E-state index contributed by atoms with van der Waals surface area (Å²) in [6, 6.07) is 0. The van der Waals surface area contributed by atoms with E-state index in [2.05, 4.69) is 111 Å². The first-order chi connectivity index (χ1) is 39.6. The first-order valence-corrected chi connectivity index (χ1v) is 33.1. The van der Waals surface area contributed by atoms with Crippen LogP contribution in [0, 0.1) is 0 Å². The van der Waals surface area contributed by atoms with E-state index in [1.165, 1.54) is 167 Å². The molecule has 0 aromatic rings. The van der Waals surface area contributed by atoms with Crippen molar-refractivity contribution in [3.8, 4) is 0 Å². The third-order valence-electron chi connectivity index (χ3n) is 14.0. The summed E-state index contributed by atoms with van der Waals surface area (Å²) in [5.74, 6) is -2.12. The van der Waals surface area contributed by atoms with Crippen molar-refractivity contribution in [2.75, 3.05) is 47.5 Å². The Labute approximate surface area is 498 Å². The van der Waals surface area contributed by atoms with Crippen LogP contribution in [-0.2, 0) is 33.3 Å². The lowest BCUT2D eigenvalue weighted by Gasteiger charge is -2.25. The van der Waals surface area contributed by atoms with Gasteiger partial charge in [0.15, 0.2) is 6.10 Å². The number of unbranched alkanes of at least 4 members (excludes halogenated alkanes) is 27. The summed E-state index contributed by atoms with van der Waals surface area (Å²) in [5.41, 5.74) is 0. The highest BCUT2D eigenvalue weighted by atomic mass is 16.7. The lowest BCUT2D eigenvalue weighted by atomic mass is 10.0. The van der Waals surface area contributed by atoms with Crippen LogP contribution in [0.1, 0.15) is 271 Å². The molecule has 9 heteroatoms. The number of carboxylic acids is 1. The van der Waals surface area contributed by atoms with Crippen LogP contribution in [0.15, 0.2) is 109 Å². The smallest absolute Gasteiger partial charge is 0.361 e. The van der Waals surface area contributed by atoms with E-state index in [0.29, 0.717) is 17.4 Å². The van der Waals surface area contributed by atoms with Crippen LogP contribution in [0.3, 0.4) is 0 Å². The Balaban J connectivity index is 4.09. The van der Waals surface area contributed by atoms with Crippen LogP contribution in [0.5, 0.6) is 0 Å². The molecule has 0 heterocycles. The van der Waals surface area contributed by atoms with Gasteiger partial charge in [0.2, 0.25) is 0 Å². The molecule has 0 aromatic heterocycles. The molecular weight excluding hydrogens is 1010 g/mol. The Morgan fingerprint density at radius 3 is 1.10 bits per heavy atom. The Hall–Kier alpha value is -4.05. The molecule has 0 bridgehead atoms. The number of quaternary nitrogens is 1. The second-order valence-corrected chi connectivity index (χ2v) is 23.0. The van der Waals surface area contributed by atoms with Gasteiger partial charge in [0, 0.05) is 12.8 Å². The molecule has 0 fully saturated rings. The molecule has 9 nitrogen and oxygen atoms in total. The molecule has 0 aliphatic rings. The van der Waals surface area contributed by atoms with Crippen LogP contribution in [0.2, 0.25) is 0 Å². The van der Waals surface area contributed by atoms with E-state index in [1.807, 2.05) is 33.3 Å². The molecular formula is C72H124NO8+. The standard InChI is InChI=1S/C72H123NO8/c1-6-8-10-12-14-16-18-20-22-24-26-27-28-29-30-31-32-33-34-35-36-37-38-39-40-41-42-43-45-46-48-50-52-54-56-58-60-62-69(74)79-66-68(67-80-72(71(76)77)78-65-64-73(3,4)5)81-70(75)63-61-59-57-55-53-51-49-47-44-25-23-21-19-17-15-13-11-9-7-2/h9,11,15,17-18,20-21,23-24,26,28-29,44,47,51,53,57,59,68,72H,6-8,10,12-14,16,19,22,25,27,30-43,45-46,48-50,52,54-56,58,60-67H2,1-5H3/p+1/b11-9-,17-15-,20-18-,23-21-,26-24-,29-28-,47-44-,53-51-,59-57-. The molecule has 2 unspecified atom stereocenters. The highest BCUT2D eigenvalue weighted by Crippen LogP contribution is 2.17. The van der Waals surface area contributed by atoms with Crippen LogP contribution in [-0.4, -0.2) is 87.4 Å². The summed E-state index contributed by atoms with van der Waals surface area (Å²) in [7, 11) is 5.94. The molecule has 0 amide bonds. The highest BCUT2D eigenvalue weighted by Gasteiger charge is 2.25. The molecule has 0 saturated carbocycles. The summed E-state index contributed by atoms with van der Waals surface area (Å²) in [6.07, 6.45) is 83.7. The van der Waals surface area contributed by atoms with Crippen LogP contribution >= 0.6 is 0 Å². The van der Waals surface area contributed by atoms with Crippen LogP contribution in [0.4, 0.5) is 0 Å². The number of aliphatic carboxylic acids is 1. The normalized spacial score (nSPS) is 13.4. The lowest BCUT2D eigenvalue weighted by molar-refractivity contribution is -0.870. The Bertz CT molecular complexity index is 1700. The number of likely N-dealkylation sites (N-methyl/N-ethyl adjacent to an activating group) is 1. The molecule has 0 radical (unpaired) electrons. The maximum atomic E-state index is 12.8. The van der Waals surface area contributed by atoms with Crippen molar-refractivity contribution in [1.29, 1.82) is 0 Å². The number of ether oxygens (including phenoxy) is 4. The zero-order valence-electron chi connectivity index (χ0n) is 52.9. The number of carbonyl (C=O) groups excluding carboxylic acids is 2. The number of nitrogens with zero attached hydrogens (tertiary/aromatic N) is 1. The van der Waals surface area contributed by atoms with Gasteiger partial charge in [-0.15, -0.1) is 0 Å². The van der Waals surface area contributed by atoms with E-state index in [9.17, 15) is 19.5 Å². The second-order valence-electron chi connectivity index (χ2n) is 23.0. The van der Waals surface area contributed by atoms with Gasteiger partial charge in [-0.2, -0.15) is 0 Å². The number of hydrogen-bond acceptors (Lipinski definition) is 7. The number of carboxylic acid groups (broad SMARTS) is 1. The van der Waals surface area contributed by atoms with Crippen molar-refractivity contribution in [2.45, 2.75) is 283 Å². The summed E-state index contributed by atoms with van der Waals surface area (Å²) >= 11 is 0. The van der Waals surface area contributed by atoms with E-state index < -0.39 is 24.3 Å². The van der Waals surface area contributed by atoms with E-state index in [0.717, 1.165) is 70.6 Å². The SMILES string of the molecule is CC/C=C\C/C=C\C/C=C\C/C=C\C/C=C\C/C=C\CCC(=O)OC(COC(=O)CCCCCCCCCCCCCCCCCCCCCCCC/C=C\C/C=C\C/C=C\CCCCCCC)COC(OCC[N+](C)(C)C)C(=O)O. The van der Waals surface area contributed by atoms with Gasteiger partial charge >= 0.3 is 17.9 Å². The van der Waals surface area contributed by atoms with Gasteiger partial charge in [0.25, 0.3) is 6.29 Å². The van der Waals surface area contributed by atoms with Crippen LogP contribution < -0.4 is 0 Å². The minimum atomic E-state index is -1.53. The van der Waals surface area contributed by atoms with Gasteiger partial charge in [-0.05, 0) is 89.9 Å². The molecule has 2 atom stereocenters. The molecule has 464 valence electrons. The maximum Gasteiger partial charge on any atom is 0.361 e. The molecule has 81 heavy (non-hydrogen) atoms.